The van der Waals surface area contributed by atoms with E-state index in [1.54, 1.807) is 0 Å². The maximum atomic E-state index is 11.9. The minimum atomic E-state index is 0.00949. The fourth-order valence-electron chi connectivity index (χ4n) is 3.50. The molecule has 102 valence electrons. The molecule has 0 N–H and O–H groups in total. The van der Waals surface area contributed by atoms with Crippen LogP contribution in [0.2, 0.25) is 0 Å². The SMILES string of the molecule is CN1C(C)(C)CC(N2C(=O)CCC2=O)CC1(C)C. The highest BCUT2D eigenvalue weighted by Crippen LogP contribution is 2.39. The number of hydrogen-bond donors (Lipinski definition) is 0. The van der Waals surface area contributed by atoms with Crippen LogP contribution in [0.25, 0.3) is 0 Å². The van der Waals surface area contributed by atoms with E-state index in [1.807, 2.05) is 0 Å². The van der Waals surface area contributed by atoms with E-state index in [4.69, 9.17) is 0 Å². The molecular formula is C14H24N2O2. The van der Waals surface area contributed by atoms with Crippen molar-refractivity contribution < 1.29 is 9.59 Å². The van der Waals surface area contributed by atoms with E-state index in [0.717, 1.165) is 12.8 Å². The van der Waals surface area contributed by atoms with E-state index in [2.05, 4.69) is 39.6 Å². The summed E-state index contributed by atoms with van der Waals surface area (Å²) in [5.74, 6) is 0.0299. The normalized spacial score (nSPS) is 29.1. The van der Waals surface area contributed by atoms with Crippen molar-refractivity contribution in [1.29, 1.82) is 0 Å². The third kappa shape index (κ3) is 2.07. The molecule has 0 spiro atoms. The molecule has 0 aromatic rings. The van der Waals surface area contributed by atoms with E-state index in [-0.39, 0.29) is 28.9 Å². The monoisotopic (exact) mass is 252 g/mol. The highest BCUT2D eigenvalue weighted by molar-refractivity contribution is 6.02. The number of amides is 2. The summed E-state index contributed by atoms with van der Waals surface area (Å²) in [4.78, 5) is 27.7. The predicted molar refractivity (Wildman–Crippen MR) is 70.0 cm³/mol. The van der Waals surface area contributed by atoms with Gasteiger partial charge in [0.25, 0.3) is 0 Å². The zero-order chi connectivity index (χ0) is 13.7. The molecule has 0 atom stereocenters. The van der Waals surface area contributed by atoms with Crippen LogP contribution in [-0.2, 0) is 9.59 Å². The Balaban J connectivity index is 2.26. The Morgan fingerprint density at radius 2 is 1.33 bits per heavy atom. The molecule has 18 heavy (non-hydrogen) atoms. The number of likely N-dealkylation sites (tertiary alicyclic amines) is 2. The van der Waals surface area contributed by atoms with Gasteiger partial charge < -0.3 is 0 Å². The van der Waals surface area contributed by atoms with Crippen molar-refractivity contribution in [1.82, 2.24) is 9.80 Å². The van der Waals surface area contributed by atoms with Crippen LogP contribution in [0.3, 0.4) is 0 Å². The maximum Gasteiger partial charge on any atom is 0.229 e. The lowest BCUT2D eigenvalue weighted by molar-refractivity contribution is -0.145. The van der Waals surface area contributed by atoms with E-state index < -0.39 is 0 Å². The number of imide groups is 1. The summed E-state index contributed by atoms with van der Waals surface area (Å²) < 4.78 is 0. The Kier molecular flexibility index (Phi) is 3.05. The molecule has 0 unspecified atom stereocenters. The Bertz CT molecular complexity index is 353. The van der Waals surface area contributed by atoms with Gasteiger partial charge >= 0.3 is 0 Å². The molecule has 2 heterocycles. The molecule has 0 radical (unpaired) electrons. The number of nitrogens with zero attached hydrogens (tertiary/aromatic N) is 2. The fraction of sp³-hybridized carbons (Fsp3) is 0.857. The van der Waals surface area contributed by atoms with Gasteiger partial charge in [0.2, 0.25) is 11.8 Å². The largest absolute Gasteiger partial charge is 0.296 e. The molecular weight excluding hydrogens is 228 g/mol. The molecule has 0 aromatic carbocycles. The van der Waals surface area contributed by atoms with Crippen molar-refractivity contribution in [2.75, 3.05) is 7.05 Å². The number of piperidine rings is 1. The van der Waals surface area contributed by atoms with Gasteiger partial charge in [-0.3, -0.25) is 19.4 Å². The predicted octanol–water partition coefficient (Wildman–Crippen LogP) is 1.79. The molecule has 2 fully saturated rings. The molecule has 2 amide bonds. The third-order valence-electron chi connectivity index (χ3n) is 4.74. The minimum absolute atomic E-state index is 0.00949. The highest BCUT2D eigenvalue weighted by atomic mass is 16.2. The van der Waals surface area contributed by atoms with Gasteiger partial charge in [0.05, 0.1) is 0 Å². The maximum absolute atomic E-state index is 11.9. The summed E-state index contributed by atoms with van der Waals surface area (Å²) in [6.45, 7) is 8.75. The van der Waals surface area contributed by atoms with Crippen LogP contribution in [0.1, 0.15) is 53.4 Å². The lowest BCUT2D eigenvalue weighted by Gasteiger charge is -2.54. The molecule has 4 nitrogen and oxygen atoms in total. The molecule has 0 aromatic heterocycles. The van der Waals surface area contributed by atoms with Crippen LogP contribution < -0.4 is 0 Å². The zero-order valence-electron chi connectivity index (χ0n) is 12.1. The second-order valence-corrected chi connectivity index (χ2v) is 6.90. The third-order valence-corrected chi connectivity index (χ3v) is 4.74. The molecule has 2 aliphatic heterocycles. The molecule has 0 aliphatic carbocycles. The Morgan fingerprint density at radius 1 is 0.944 bits per heavy atom. The number of hydrogen-bond acceptors (Lipinski definition) is 3. The van der Waals surface area contributed by atoms with Crippen LogP contribution in [0.4, 0.5) is 0 Å². The molecule has 4 heteroatoms. The minimum Gasteiger partial charge on any atom is -0.296 e. The van der Waals surface area contributed by atoms with E-state index >= 15 is 0 Å². The van der Waals surface area contributed by atoms with Gasteiger partial charge in [-0.05, 0) is 47.6 Å². The number of carbonyl (C=O) groups is 2. The van der Waals surface area contributed by atoms with Gasteiger partial charge in [0.1, 0.15) is 0 Å². The van der Waals surface area contributed by atoms with E-state index in [9.17, 15) is 9.59 Å². The van der Waals surface area contributed by atoms with Gasteiger partial charge in [0, 0.05) is 30.0 Å². The average molecular weight is 252 g/mol. The van der Waals surface area contributed by atoms with Gasteiger partial charge in [-0.25, -0.2) is 0 Å². The first-order chi connectivity index (χ1) is 8.15. The van der Waals surface area contributed by atoms with Gasteiger partial charge in [0.15, 0.2) is 0 Å². The lowest BCUT2D eigenvalue weighted by atomic mass is 9.77. The Hall–Kier alpha value is -0.900. The topological polar surface area (TPSA) is 40.6 Å². The van der Waals surface area contributed by atoms with E-state index in [0.29, 0.717) is 12.8 Å². The van der Waals surface area contributed by atoms with Gasteiger partial charge in [-0.2, -0.15) is 0 Å². The zero-order valence-corrected chi connectivity index (χ0v) is 12.1. The van der Waals surface area contributed by atoms with Crippen molar-refractivity contribution in [2.45, 2.75) is 70.5 Å². The Labute approximate surface area is 109 Å². The summed E-state index contributed by atoms with van der Waals surface area (Å²) in [6, 6.07) is 0.0636. The van der Waals surface area contributed by atoms with Crippen molar-refractivity contribution in [3.63, 3.8) is 0 Å². The van der Waals surface area contributed by atoms with Crippen LogP contribution >= 0.6 is 0 Å². The Morgan fingerprint density at radius 3 is 1.72 bits per heavy atom. The summed E-state index contributed by atoms with van der Waals surface area (Å²) in [7, 11) is 2.13. The summed E-state index contributed by atoms with van der Waals surface area (Å²) >= 11 is 0. The van der Waals surface area contributed by atoms with Crippen molar-refractivity contribution in [3.05, 3.63) is 0 Å². The fourth-order valence-corrected chi connectivity index (χ4v) is 3.50. The van der Waals surface area contributed by atoms with Crippen LogP contribution in [0.5, 0.6) is 0 Å². The van der Waals surface area contributed by atoms with Gasteiger partial charge in [-0.15, -0.1) is 0 Å². The van der Waals surface area contributed by atoms with E-state index in [1.165, 1.54) is 4.90 Å². The molecule has 2 aliphatic rings. The molecule has 0 bridgehead atoms. The summed E-state index contributed by atoms with van der Waals surface area (Å²) in [5.41, 5.74) is 0.0190. The van der Waals surface area contributed by atoms with Crippen LogP contribution in [-0.4, -0.2) is 45.8 Å². The number of rotatable bonds is 1. The second kappa shape index (κ2) is 4.05. The van der Waals surface area contributed by atoms with Crippen LogP contribution in [0.15, 0.2) is 0 Å². The first kappa shape index (κ1) is 13.5. The smallest absolute Gasteiger partial charge is 0.229 e. The summed E-state index contributed by atoms with van der Waals surface area (Å²) in [6.07, 6.45) is 2.52. The van der Waals surface area contributed by atoms with Gasteiger partial charge in [-0.1, -0.05) is 0 Å². The van der Waals surface area contributed by atoms with Crippen molar-refractivity contribution in [2.24, 2.45) is 0 Å². The molecule has 0 saturated carbocycles. The second-order valence-electron chi connectivity index (χ2n) is 6.90. The summed E-state index contributed by atoms with van der Waals surface area (Å²) in [5, 5.41) is 0. The number of carbonyl (C=O) groups excluding carboxylic acids is 2. The molecule has 2 rings (SSSR count). The molecule has 2 saturated heterocycles. The quantitative estimate of drug-likeness (QED) is 0.668. The van der Waals surface area contributed by atoms with Crippen molar-refractivity contribution in [3.8, 4) is 0 Å². The van der Waals surface area contributed by atoms with Crippen LogP contribution in [0, 0.1) is 0 Å². The standard InChI is InChI=1S/C14H24N2O2/c1-13(2)8-10(9-14(3,4)15(13)5)16-11(17)6-7-12(16)18/h10H,6-9H2,1-5H3. The highest BCUT2D eigenvalue weighted by Gasteiger charge is 2.47. The first-order valence-corrected chi connectivity index (χ1v) is 6.74. The average Bonchev–Trinajstić information content (AvgIpc) is 2.54. The first-order valence-electron chi connectivity index (χ1n) is 6.74. The lowest BCUT2D eigenvalue weighted by Crippen LogP contribution is -2.63. The van der Waals surface area contributed by atoms with Crippen molar-refractivity contribution >= 4 is 11.8 Å².